The molecule has 82 valence electrons. The number of nitrogens with zero attached hydrogens (tertiary/aromatic N) is 4. The number of imidazole rings is 1. The number of rotatable bonds is 1. The molecule has 0 saturated carbocycles. The van der Waals surface area contributed by atoms with E-state index < -0.39 is 0 Å². The van der Waals surface area contributed by atoms with Gasteiger partial charge >= 0.3 is 6.03 Å². The summed E-state index contributed by atoms with van der Waals surface area (Å²) in [4.78, 5) is 19.8. The Hall–Kier alpha value is -1.36. The summed E-state index contributed by atoms with van der Waals surface area (Å²) in [5.41, 5.74) is 0. The average molecular weight is 208 g/mol. The van der Waals surface area contributed by atoms with E-state index in [-0.39, 0.29) is 6.03 Å². The number of likely N-dealkylation sites (tertiary alicyclic amines) is 1. The minimum absolute atomic E-state index is 0.0249. The predicted octanol–water partition coefficient (Wildman–Crippen LogP) is 0.487. The molecule has 1 aliphatic heterocycles. The van der Waals surface area contributed by atoms with Gasteiger partial charge < -0.3 is 9.80 Å². The molecule has 1 aliphatic rings. The lowest BCUT2D eigenvalue weighted by Crippen LogP contribution is -2.36. The fraction of sp³-hybridized carbons (Fsp3) is 0.600. The standard InChI is InChI=1S/C10H16N4O/c1-12(2)9-3-5-13(7-9)10(15)14-6-4-11-8-14/h4,6,8-9H,3,5,7H2,1-2H3. The van der Waals surface area contributed by atoms with E-state index in [2.05, 4.69) is 24.0 Å². The average Bonchev–Trinajstić information content (AvgIpc) is 2.88. The summed E-state index contributed by atoms with van der Waals surface area (Å²) in [6.07, 6.45) is 5.90. The van der Waals surface area contributed by atoms with Gasteiger partial charge in [-0.3, -0.25) is 4.57 Å². The summed E-state index contributed by atoms with van der Waals surface area (Å²) < 4.78 is 1.53. The fourth-order valence-corrected chi connectivity index (χ4v) is 1.87. The van der Waals surface area contributed by atoms with Crippen molar-refractivity contribution < 1.29 is 4.79 Å². The third-order valence-corrected chi connectivity index (χ3v) is 2.89. The first-order valence-electron chi connectivity index (χ1n) is 5.12. The molecule has 1 unspecified atom stereocenters. The number of likely N-dealkylation sites (N-methyl/N-ethyl adjacent to an activating group) is 1. The lowest BCUT2D eigenvalue weighted by atomic mass is 10.2. The Labute approximate surface area is 89.3 Å². The summed E-state index contributed by atoms with van der Waals surface area (Å²) >= 11 is 0. The lowest BCUT2D eigenvalue weighted by molar-refractivity contribution is 0.205. The van der Waals surface area contributed by atoms with Crippen LogP contribution in [-0.4, -0.2) is 58.6 Å². The third kappa shape index (κ3) is 2.02. The number of aromatic nitrogens is 2. The van der Waals surface area contributed by atoms with Crippen molar-refractivity contribution >= 4 is 6.03 Å². The first-order valence-corrected chi connectivity index (χ1v) is 5.12. The van der Waals surface area contributed by atoms with Crippen LogP contribution in [0.4, 0.5) is 4.79 Å². The van der Waals surface area contributed by atoms with Gasteiger partial charge in [0.2, 0.25) is 0 Å². The second kappa shape index (κ2) is 4.02. The van der Waals surface area contributed by atoms with Gasteiger partial charge in [-0.05, 0) is 20.5 Å². The SMILES string of the molecule is CN(C)C1CCN(C(=O)n2ccnc2)C1. The van der Waals surface area contributed by atoms with Crippen LogP contribution in [0.3, 0.4) is 0 Å². The van der Waals surface area contributed by atoms with Gasteiger partial charge in [0.05, 0.1) is 0 Å². The molecule has 15 heavy (non-hydrogen) atoms. The normalized spacial score (nSPS) is 21.3. The summed E-state index contributed by atoms with van der Waals surface area (Å²) in [7, 11) is 4.10. The number of amides is 1. The minimum atomic E-state index is 0.0249. The number of carbonyl (C=O) groups is 1. The van der Waals surface area contributed by atoms with Crippen LogP contribution in [0.5, 0.6) is 0 Å². The number of hydrogen-bond acceptors (Lipinski definition) is 3. The van der Waals surface area contributed by atoms with Crippen molar-refractivity contribution in [2.75, 3.05) is 27.2 Å². The molecule has 1 fully saturated rings. The van der Waals surface area contributed by atoms with Crippen LogP contribution < -0.4 is 0 Å². The second-order valence-electron chi connectivity index (χ2n) is 4.10. The Bertz CT molecular complexity index is 333. The summed E-state index contributed by atoms with van der Waals surface area (Å²) in [5.74, 6) is 0. The Balaban J connectivity index is 1.99. The molecule has 5 nitrogen and oxygen atoms in total. The highest BCUT2D eigenvalue weighted by Gasteiger charge is 2.27. The summed E-state index contributed by atoms with van der Waals surface area (Å²) in [6, 6.07) is 0.509. The highest BCUT2D eigenvalue weighted by atomic mass is 16.2. The largest absolute Gasteiger partial charge is 0.329 e. The summed E-state index contributed by atoms with van der Waals surface area (Å²) in [5, 5.41) is 0. The van der Waals surface area contributed by atoms with E-state index in [1.54, 1.807) is 18.7 Å². The van der Waals surface area contributed by atoms with Gasteiger partial charge in [-0.15, -0.1) is 0 Å². The van der Waals surface area contributed by atoms with Gasteiger partial charge in [0.1, 0.15) is 6.33 Å². The molecule has 0 aliphatic carbocycles. The molecule has 2 heterocycles. The molecule has 5 heteroatoms. The van der Waals surface area contributed by atoms with Gasteiger partial charge in [-0.25, -0.2) is 9.78 Å². The van der Waals surface area contributed by atoms with Crippen molar-refractivity contribution in [3.8, 4) is 0 Å². The fourth-order valence-electron chi connectivity index (χ4n) is 1.87. The Morgan fingerprint density at radius 1 is 1.53 bits per heavy atom. The van der Waals surface area contributed by atoms with Gasteiger partial charge in [0.25, 0.3) is 0 Å². The third-order valence-electron chi connectivity index (χ3n) is 2.89. The first-order chi connectivity index (χ1) is 7.18. The topological polar surface area (TPSA) is 41.4 Å². The van der Waals surface area contributed by atoms with Gasteiger partial charge in [-0.1, -0.05) is 0 Å². The monoisotopic (exact) mass is 208 g/mol. The van der Waals surface area contributed by atoms with Gasteiger partial charge in [0, 0.05) is 31.5 Å². The van der Waals surface area contributed by atoms with E-state index >= 15 is 0 Å². The zero-order valence-electron chi connectivity index (χ0n) is 9.13. The van der Waals surface area contributed by atoms with Crippen molar-refractivity contribution in [1.82, 2.24) is 19.4 Å². The van der Waals surface area contributed by atoms with E-state index in [1.807, 2.05) is 4.90 Å². The Morgan fingerprint density at radius 3 is 2.87 bits per heavy atom. The molecule has 1 aromatic rings. The second-order valence-corrected chi connectivity index (χ2v) is 4.10. The molecule has 0 bridgehead atoms. The molecular formula is C10H16N4O. The van der Waals surface area contributed by atoms with E-state index in [1.165, 1.54) is 4.57 Å². The Morgan fingerprint density at radius 2 is 2.33 bits per heavy atom. The van der Waals surface area contributed by atoms with Crippen molar-refractivity contribution in [2.45, 2.75) is 12.5 Å². The molecule has 1 amide bonds. The molecule has 1 saturated heterocycles. The van der Waals surface area contributed by atoms with Crippen LogP contribution in [0, 0.1) is 0 Å². The summed E-state index contributed by atoms with van der Waals surface area (Å²) in [6.45, 7) is 1.64. The predicted molar refractivity (Wildman–Crippen MR) is 56.7 cm³/mol. The quantitative estimate of drug-likeness (QED) is 0.674. The molecule has 0 radical (unpaired) electrons. The highest BCUT2D eigenvalue weighted by molar-refractivity contribution is 5.76. The molecular weight excluding hydrogens is 192 g/mol. The van der Waals surface area contributed by atoms with Gasteiger partial charge in [0.15, 0.2) is 0 Å². The zero-order valence-corrected chi connectivity index (χ0v) is 9.13. The van der Waals surface area contributed by atoms with Gasteiger partial charge in [-0.2, -0.15) is 0 Å². The molecule has 1 aromatic heterocycles. The minimum Gasteiger partial charge on any atom is -0.322 e. The maximum absolute atomic E-state index is 11.9. The lowest BCUT2D eigenvalue weighted by Gasteiger charge is -2.20. The molecule has 0 N–H and O–H groups in total. The maximum atomic E-state index is 11.9. The molecule has 1 atom stereocenters. The molecule has 2 rings (SSSR count). The van der Waals surface area contributed by atoms with Crippen LogP contribution >= 0.6 is 0 Å². The van der Waals surface area contributed by atoms with Crippen molar-refractivity contribution in [3.05, 3.63) is 18.7 Å². The first kappa shape index (κ1) is 10.2. The number of carbonyl (C=O) groups excluding carboxylic acids is 1. The highest BCUT2D eigenvalue weighted by Crippen LogP contribution is 2.14. The van der Waals surface area contributed by atoms with Crippen molar-refractivity contribution in [2.24, 2.45) is 0 Å². The molecule has 0 spiro atoms. The zero-order chi connectivity index (χ0) is 10.8. The van der Waals surface area contributed by atoms with Crippen LogP contribution in [-0.2, 0) is 0 Å². The van der Waals surface area contributed by atoms with E-state index in [4.69, 9.17) is 0 Å². The van der Waals surface area contributed by atoms with Crippen LogP contribution in [0.2, 0.25) is 0 Å². The van der Waals surface area contributed by atoms with Crippen LogP contribution in [0.1, 0.15) is 6.42 Å². The Kier molecular flexibility index (Phi) is 2.73. The number of hydrogen-bond donors (Lipinski definition) is 0. The maximum Gasteiger partial charge on any atom is 0.329 e. The smallest absolute Gasteiger partial charge is 0.322 e. The van der Waals surface area contributed by atoms with Crippen molar-refractivity contribution in [1.29, 1.82) is 0 Å². The van der Waals surface area contributed by atoms with Crippen LogP contribution in [0.25, 0.3) is 0 Å². The van der Waals surface area contributed by atoms with E-state index in [0.717, 1.165) is 19.5 Å². The van der Waals surface area contributed by atoms with Crippen LogP contribution in [0.15, 0.2) is 18.7 Å². The van der Waals surface area contributed by atoms with E-state index in [0.29, 0.717) is 6.04 Å². The van der Waals surface area contributed by atoms with Crippen molar-refractivity contribution in [3.63, 3.8) is 0 Å². The molecule has 0 aromatic carbocycles. The van der Waals surface area contributed by atoms with E-state index in [9.17, 15) is 4.79 Å².